The maximum absolute atomic E-state index is 11.8. The fourth-order valence-electron chi connectivity index (χ4n) is 1.59. The first-order valence-corrected chi connectivity index (χ1v) is 5.87. The average molecular weight is 283 g/mol. The molecule has 0 spiro atoms. The molecule has 7 nitrogen and oxygen atoms in total. The smallest absolute Gasteiger partial charge is 0.340 e. The van der Waals surface area contributed by atoms with Gasteiger partial charge in [-0.2, -0.15) is 0 Å². The summed E-state index contributed by atoms with van der Waals surface area (Å²) in [7, 11) is 2.40. The van der Waals surface area contributed by atoms with Gasteiger partial charge in [0.05, 0.1) is 38.1 Å². The molecule has 110 valence electrons. The van der Waals surface area contributed by atoms with Crippen LogP contribution < -0.4 is 5.32 Å². The number of ether oxygens (including phenoxy) is 2. The highest BCUT2D eigenvalue weighted by atomic mass is 16.5. The SMILES string of the molecule is COC(=O)c1cccc(NCC(O)CO)c1C(=O)OC. The van der Waals surface area contributed by atoms with E-state index in [1.807, 2.05) is 0 Å². The van der Waals surface area contributed by atoms with Crippen LogP contribution in [0.3, 0.4) is 0 Å². The Balaban J connectivity index is 3.15. The van der Waals surface area contributed by atoms with Crippen molar-refractivity contribution in [3.8, 4) is 0 Å². The van der Waals surface area contributed by atoms with Gasteiger partial charge < -0.3 is 25.0 Å². The average Bonchev–Trinajstić information content (AvgIpc) is 2.50. The number of rotatable bonds is 6. The Kier molecular flexibility index (Phi) is 5.95. The molecule has 0 saturated carbocycles. The fraction of sp³-hybridized carbons (Fsp3) is 0.385. The van der Waals surface area contributed by atoms with Crippen LogP contribution in [0.15, 0.2) is 18.2 Å². The zero-order valence-corrected chi connectivity index (χ0v) is 11.3. The predicted octanol–water partition coefficient (Wildman–Crippen LogP) is 0.0249. The van der Waals surface area contributed by atoms with Gasteiger partial charge in [0.2, 0.25) is 0 Å². The molecule has 0 bridgehead atoms. The summed E-state index contributed by atoms with van der Waals surface area (Å²) in [6, 6.07) is 4.56. The minimum Gasteiger partial charge on any atom is -0.465 e. The number of methoxy groups -OCH3 is 2. The molecule has 0 heterocycles. The van der Waals surface area contributed by atoms with Crippen LogP contribution in [-0.4, -0.2) is 55.6 Å². The Bertz CT molecular complexity index is 488. The molecule has 1 unspecified atom stereocenters. The number of esters is 2. The molecule has 3 N–H and O–H groups in total. The largest absolute Gasteiger partial charge is 0.465 e. The van der Waals surface area contributed by atoms with Crippen LogP contribution in [0, 0.1) is 0 Å². The minimum atomic E-state index is -0.984. The number of aliphatic hydroxyl groups excluding tert-OH is 2. The van der Waals surface area contributed by atoms with Crippen molar-refractivity contribution in [2.45, 2.75) is 6.10 Å². The van der Waals surface area contributed by atoms with E-state index < -0.39 is 24.6 Å². The molecule has 1 aromatic carbocycles. The lowest BCUT2D eigenvalue weighted by Crippen LogP contribution is -2.24. The van der Waals surface area contributed by atoms with E-state index in [1.165, 1.54) is 20.3 Å². The Morgan fingerprint density at radius 1 is 1.25 bits per heavy atom. The second kappa shape index (κ2) is 7.46. The van der Waals surface area contributed by atoms with Gasteiger partial charge >= 0.3 is 11.9 Å². The molecule has 0 aliphatic rings. The Morgan fingerprint density at radius 3 is 2.45 bits per heavy atom. The molecular weight excluding hydrogens is 266 g/mol. The Labute approximate surface area is 116 Å². The van der Waals surface area contributed by atoms with Crippen LogP contribution in [0.2, 0.25) is 0 Å². The molecule has 0 fully saturated rings. The third-order valence-corrected chi connectivity index (χ3v) is 2.60. The van der Waals surface area contributed by atoms with Crippen molar-refractivity contribution >= 4 is 17.6 Å². The van der Waals surface area contributed by atoms with Crippen LogP contribution >= 0.6 is 0 Å². The predicted molar refractivity (Wildman–Crippen MR) is 70.7 cm³/mol. The van der Waals surface area contributed by atoms with Gasteiger partial charge in [-0.25, -0.2) is 9.59 Å². The highest BCUT2D eigenvalue weighted by Gasteiger charge is 2.22. The molecule has 7 heteroatoms. The molecule has 0 radical (unpaired) electrons. The van der Waals surface area contributed by atoms with E-state index in [4.69, 9.17) is 5.11 Å². The first-order valence-electron chi connectivity index (χ1n) is 5.87. The number of aliphatic hydroxyl groups is 2. The van der Waals surface area contributed by atoms with Gasteiger partial charge in [0.1, 0.15) is 0 Å². The molecule has 0 saturated heterocycles. The summed E-state index contributed by atoms with van der Waals surface area (Å²) in [5.41, 5.74) is 0.391. The van der Waals surface area contributed by atoms with Crippen molar-refractivity contribution in [2.24, 2.45) is 0 Å². The van der Waals surface area contributed by atoms with Gasteiger partial charge in [-0.1, -0.05) is 6.07 Å². The van der Waals surface area contributed by atoms with E-state index in [2.05, 4.69) is 14.8 Å². The number of hydrogen-bond donors (Lipinski definition) is 3. The lowest BCUT2D eigenvalue weighted by molar-refractivity contribution is 0.0556. The van der Waals surface area contributed by atoms with E-state index >= 15 is 0 Å². The maximum Gasteiger partial charge on any atom is 0.340 e. The van der Waals surface area contributed by atoms with Gasteiger partial charge in [0, 0.05) is 12.2 Å². The second-order valence-electron chi connectivity index (χ2n) is 3.93. The van der Waals surface area contributed by atoms with Crippen molar-refractivity contribution in [2.75, 3.05) is 32.7 Å². The summed E-state index contributed by atoms with van der Waals surface area (Å²) < 4.78 is 9.26. The van der Waals surface area contributed by atoms with Gasteiger partial charge in [0.15, 0.2) is 0 Å². The number of benzene rings is 1. The molecule has 0 aliphatic carbocycles. The molecule has 0 aliphatic heterocycles. The molecule has 20 heavy (non-hydrogen) atoms. The van der Waals surface area contributed by atoms with Crippen LogP contribution in [0.5, 0.6) is 0 Å². The summed E-state index contributed by atoms with van der Waals surface area (Å²) in [5, 5.41) is 20.9. The second-order valence-corrected chi connectivity index (χ2v) is 3.93. The highest BCUT2D eigenvalue weighted by molar-refractivity contribution is 6.07. The number of carbonyl (C=O) groups is 2. The number of anilines is 1. The van der Waals surface area contributed by atoms with E-state index in [-0.39, 0.29) is 17.7 Å². The highest BCUT2D eigenvalue weighted by Crippen LogP contribution is 2.22. The first-order chi connectivity index (χ1) is 9.54. The molecule has 1 rings (SSSR count). The first kappa shape index (κ1) is 15.9. The summed E-state index contributed by atoms with van der Waals surface area (Å²) >= 11 is 0. The van der Waals surface area contributed by atoms with Gasteiger partial charge in [-0.05, 0) is 12.1 Å². The van der Waals surface area contributed by atoms with Crippen LogP contribution in [0.4, 0.5) is 5.69 Å². The molecule has 0 amide bonds. The van der Waals surface area contributed by atoms with Crippen LogP contribution in [0.1, 0.15) is 20.7 Å². The van der Waals surface area contributed by atoms with Crippen LogP contribution in [-0.2, 0) is 9.47 Å². The fourth-order valence-corrected chi connectivity index (χ4v) is 1.59. The number of nitrogens with one attached hydrogen (secondary N) is 1. The van der Waals surface area contributed by atoms with Crippen LogP contribution in [0.25, 0.3) is 0 Å². The summed E-state index contributed by atoms with van der Waals surface area (Å²) in [6.45, 7) is -0.400. The maximum atomic E-state index is 11.8. The lowest BCUT2D eigenvalue weighted by atomic mass is 10.0. The zero-order chi connectivity index (χ0) is 15.1. The van der Waals surface area contributed by atoms with E-state index in [9.17, 15) is 14.7 Å². The van der Waals surface area contributed by atoms with Crippen molar-refractivity contribution < 1.29 is 29.3 Å². The lowest BCUT2D eigenvalue weighted by Gasteiger charge is -2.15. The summed E-state index contributed by atoms with van der Waals surface area (Å²) in [4.78, 5) is 23.5. The molecule has 0 aromatic heterocycles. The Hall–Kier alpha value is -2.12. The third kappa shape index (κ3) is 3.69. The van der Waals surface area contributed by atoms with Crippen molar-refractivity contribution in [3.63, 3.8) is 0 Å². The van der Waals surface area contributed by atoms with E-state index in [0.29, 0.717) is 5.69 Å². The molecule has 1 aromatic rings. The van der Waals surface area contributed by atoms with Gasteiger partial charge in [-0.15, -0.1) is 0 Å². The minimum absolute atomic E-state index is 0.0190. The monoisotopic (exact) mass is 283 g/mol. The number of hydrogen-bond acceptors (Lipinski definition) is 7. The van der Waals surface area contributed by atoms with E-state index in [0.717, 1.165) is 0 Å². The van der Waals surface area contributed by atoms with Crippen molar-refractivity contribution in [1.82, 2.24) is 0 Å². The standard InChI is InChI=1S/C13H17NO6/c1-19-12(17)9-4-3-5-10(11(9)13(18)20-2)14-6-8(16)7-15/h3-5,8,14-16H,6-7H2,1-2H3. The third-order valence-electron chi connectivity index (χ3n) is 2.60. The van der Waals surface area contributed by atoms with Crippen molar-refractivity contribution in [3.05, 3.63) is 29.3 Å². The topological polar surface area (TPSA) is 105 Å². The summed E-state index contributed by atoms with van der Waals surface area (Å²) in [5.74, 6) is -1.37. The van der Waals surface area contributed by atoms with Gasteiger partial charge in [0.25, 0.3) is 0 Å². The number of carbonyl (C=O) groups excluding carboxylic acids is 2. The molecule has 1 atom stereocenters. The summed E-state index contributed by atoms with van der Waals surface area (Å²) in [6.07, 6.45) is -0.984. The van der Waals surface area contributed by atoms with Crippen molar-refractivity contribution in [1.29, 1.82) is 0 Å². The zero-order valence-electron chi connectivity index (χ0n) is 11.3. The normalized spacial score (nSPS) is 11.6. The molecular formula is C13H17NO6. The van der Waals surface area contributed by atoms with E-state index in [1.54, 1.807) is 12.1 Å². The Morgan fingerprint density at radius 2 is 1.90 bits per heavy atom. The quantitative estimate of drug-likeness (QED) is 0.632. The van der Waals surface area contributed by atoms with Gasteiger partial charge in [-0.3, -0.25) is 0 Å².